The predicted molar refractivity (Wildman–Crippen MR) is 67.2 cm³/mol. The lowest BCUT2D eigenvalue weighted by molar-refractivity contribution is -0.127. The van der Waals surface area contributed by atoms with Gasteiger partial charge in [-0.05, 0) is 12.2 Å². The molecule has 0 aliphatic carbocycles. The van der Waals surface area contributed by atoms with Gasteiger partial charge in [-0.1, -0.05) is 0 Å². The molecule has 0 N–H and O–H groups in total. The summed E-state index contributed by atoms with van der Waals surface area (Å²) < 4.78 is 10.5. The Labute approximate surface area is 111 Å². The summed E-state index contributed by atoms with van der Waals surface area (Å²) in [6, 6.07) is 0. The maximum absolute atomic E-state index is 11.8. The SMILES string of the molecule is CN1CCN(c2noc(C3COCCC3=O)n2)CC1. The van der Waals surface area contributed by atoms with Gasteiger partial charge in [0.15, 0.2) is 0 Å². The molecule has 2 saturated heterocycles. The number of Topliss-reactive ketones (excluding diaryl/α,β-unsaturated/α-hetero) is 1. The summed E-state index contributed by atoms with van der Waals surface area (Å²) in [7, 11) is 2.09. The number of carbonyl (C=O) groups excluding carboxylic acids is 1. The van der Waals surface area contributed by atoms with E-state index in [1.807, 2.05) is 0 Å². The lowest BCUT2D eigenvalue weighted by Crippen LogP contribution is -2.45. The number of aromatic nitrogens is 2. The van der Waals surface area contributed by atoms with Crippen LogP contribution in [0.5, 0.6) is 0 Å². The molecule has 0 spiro atoms. The molecule has 0 bridgehead atoms. The van der Waals surface area contributed by atoms with Crippen LogP contribution in [-0.2, 0) is 9.53 Å². The Bertz CT molecular complexity index is 454. The predicted octanol–water partition coefficient (Wildman–Crippen LogP) is -0.106. The lowest BCUT2D eigenvalue weighted by Gasteiger charge is -2.31. The summed E-state index contributed by atoms with van der Waals surface area (Å²) in [4.78, 5) is 20.5. The van der Waals surface area contributed by atoms with Crippen LogP contribution in [-0.4, -0.2) is 67.3 Å². The second kappa shape index (κ2) is 5.26. The number of nitrogens with zero attached hydrogens (tertiary/aromatic N) is 4. The van der Waals surface area contributed by atoms with Crippen LogP contribution in [0, 0.1) is 0 Å². The van der Waals surface area contributed by atoms with E-state index >= 15 is 0 Å². The highest BCUT2D eigenvalue weighted by atomic mass is 16.5. The molecule has 2 fully saturated rings. The monoisotopic (exact) mass is 266 g/mol. The summed E-state index contributed by atoms with van der Waals surface area (Å²) in [5.74, 6) is 0.711. The number of anilines is 1. The van der Waals surface area contributed by atoms with Crippen molar-refractivity contribution >= 4 is 11.7 Å². The third-order valence-corrected chi connectivity index (χ3v) is 3.68. The van der Waals surface area contributed by atoms with Crippen molar-refractivity contribution < 1.29 is 14.1 Å². The number of ether oxygens (including phenoxy) is 1. The molecule has 1 aromatic rings. The zero-order valence-corrected chi connectivity index (χ0v) is 11.0. The average Bonchev–Trinajstić information content (AvgIpc) is 2.89. The fourth-order valence-corrected chi connectivity index (χ4v) is 2.35. The van der Waals surface area contributed by atoms with Crippen LogP contribution in [0.2, 0.25) is 0 Å². The molecule has 2 aliphatic heterocycles. The van der Waals surface area contributed by atoms with E-state index in [0.717, 1.165) is 26.2 Å². The molecule has 104 valence electrons. The smallest absolute Gasteiger partial charge is 0.266 e. The minimum Gasteiger partial charge on any atom is -0.380 e. The molecule has 0 radical (unpaired) electrons. The van der Waals surface area contributed by atoms with Crippen molar-refractivity contribution in [3.05, 3.63) is 5.89 Å². The van der Waals surface area contributed by atoms with Gasteiger partial charge in [0, 0.05) is 32.6 Å². The van der Waals surface area contributed by atoms with Crippen LogP contribution in [0.3, 0.4) is 0 Å². The number of carbonyl (C=O) groups is 1. The van der Waals surface area contributed by atoms with E-state index in [1.165, 1.54) is 0 Å². The quantitative estimate of drug-likeness (QED) is 0.739. The second-order valence-electron chi connectivity index (χ2n) is 5.07. The summed E-state index contributed by atoms with van der Waals surface area (Å²) in [5.41, 5.74) is 0. The Balaban J connectivity index is 1.70. The van der Waals surface area contributed by atoms with E-state index in [4.69, 9.17) is 9.26 Å². The van der Waals surface area contributed by atoms with Gasteiger partial charge in [-0.15, -0.1) is 0 Å². The van der Waals surface area contributed by atoms with Crippen molar-refractivity contribution in [2.24, 2.45) is 0 Å². The standard InChI is InChI=1S/C12H18N4O3/c1-15-3-5-16(6-4-15)12-13-11(19-14-12)9-8-18-7-2-10(9)17/h9H,2-8H2,1H3. The molecule has 0 aromatic carbocycles. The molecule has 1 aromatic heterocycles. The van der Waals surface area contributed by atoms with Gasteiger partial charge >= 0.3 is 0 Å². The average molecular weight is 266 g/mol. The fraction of sp³-hybridized carbons (Fsp3) is 0.750. The third kappa shape index (κ3) is 2.62. The molecule has 0 amide bonds. The van der Waals surface area contributed by atoms with E-state index < -0.39 is 0 Å². The third-order valence-electron chi connectivity index (χ3n) is 3.68. The van der Waals surface area contributed by atoms with Crippen molar-refractivity contribution in [1.29, 1.82) is 0 Å². The number of rotatable bonds is 2. The molecular weight excluding hydrogens is 248 g/mol. The second-order valence-corrected chi connectivity index (χ2v) is 5.07. The Morgan fingerprint density at radius 3 is 2.79 bits per heavy atom. The van der Waals surface area contributed by atoms with Crippen LogP contribution in [0.15, 0.2) is 4.52 Å². The molecular formula is C12H18N4O3. The summed E-state index contributed by atoms with van der Waals surface area (Å²) >= 11 is 0. The van der Waals surface area contributed by atoms with Crippen LogP contribution in [0.4, 0.5) is 5.95 Å². The fourth-order valence-electron chi connectivity index (χ4n) is 2.35. The summed E-state index contributed by atoms with van der Waals surface area (Å²) in [6.45, 7) is 4.57. The molecule has 7 heteroatoms. The number of ketones is 1. The Kier molecular flexibility index (Phi) is 3.48. The van der Waals surface area contributed by atoms with Gasteiger partial charge < -0.3 is 19.1 Å². The number of hydrogen-bond donors (Lipinski definition) is 0. The molecule has 3 heterocycles. The van der Waals surface area contributed by atoms with Crippen molar-refractivity contribution in [3.63, 3.8) is 0 Å². The molecule has 7 nitrogen and oxygen atoms in total. The summed E-state index contributed by atoms with van der Waals surface area (Å²) in [6.07, 6.45) is 0.427. The van der Waals surface area contributed by atoms with Gasteiger partial charge in [0.2, 0.25) is 5.89 Å². The Morgan fingerprint density at radius 2 is 2.05 bits per heavy atom. The molecule has 1 unspecified atom stereocenters. The Hall–Kier alpha value is -1.47. The van der Waals surface area contributed by atoms with Crippen LogP contribution < -0.4 is 4.90 Å². The molecule has 19 heavy (non-hydrogen) atoms. The van der Waals surface area contributed by atoms with Gasteiger partial charge in [-0.3, -0.25) is 4.79 Å². The topological polar surface area (TPSA) is 71.7 Å². The number of likely N-dealkylation sites (N-methyl/N-ethyl adjacent to an activating group) is 1. The molecule has 2 aliphatic rings. The van der Waals surface area contributed by atoms with Crippen LogP contribution >= 0.6 is 0 Å². The summed E-state index contributed by atoms with van der Waals surface area (Å²) in [5, 5.41) is 3.99. The minimum atomic E-state index is -0.387. The van der Waals surface area contributed by atoms with Crippen molar-refractivity contribution in [1.82, 2.24) is 15.0 Å². The van der Waals surface area contributed by atoms with Gasteiger partial charge in [0.25, 0.3) is 5.95 Å². The first-order valence-corrected chi connectivity index (χ1v) is 6.61. The highest BCUT2D eigenvalue weighted by Crippen LogP contribution is 2.23. The molecule has 3 rings (SSSR count). The highest BCUT2D eigenvalue weighted by molar-refractivity contribution is 5.85. The van der Waals surface area contributed by atoms with E-state index in [-0.39, 0.29) is 11.7 Å². The van der Waals surface area contributed by atoms with Crippen molar-refractivity contribution in [2.45, 2.75) is 12.3 Å². The van der Waals surface area contributed by atoms with Crippen molar-refractivity contribution in [3.8, 4) is 0 Å². The minimum absolute atomic E-state index is 0.125. The highest BCUT2D eigenvalue weighted by Gasteiger charge is 2.30. The van der Waals surface area contributed by atoms with E-state index in [9.17, 15) is 4.79 Å². The van der Waals surface area contributed by atoms with E-state index in [0.29, 0.717) is 31.5 Å². The van der Waals surface area contributed by atoms with Crippen LogP contribution in [0.1, 0.15) is 18.2 Å². The van der Waals surface area contributed by atoms with Crippen LogP contribution in [0.25, 0.3) is 0 Å². The normalized spacial score (nSPS) is 25.8. The number of piperazine rings is 1. The maximum Gasteiger partial charge on any atom is 0.266 e. The number of hydrogen-bond acceptors (Lipinski definition) is 7. The Morgan fingerprint density at radius 1 is 1.26 bits per heavy atom. The molecule has 0 saturated carbocycles. The maximum atomic E-state index is 11.8. The molecule has 1 atom stereocenters. The van der Waals surface area contributed by atoms with Gasteiger partial charge in [0.1, 0.15) is 11.7 Å². The zero-order valence-electron chi connectivity index (χ0n) is 11.0. The lowest BCUT2D eigenvalue weighted by atomic mass is 10.0. The largest absolute Gasteiger partial charge is 0.380 e. The van der Waals surface area contributed by atoms with Gasteiger partial charge in [-0.25, -0.2) is 0 Å². The first-order valence-electron chi connectivity index (χ1n) is 6.61. The van der Waals surface area contributed by atoms with Gasteiger partial charge in [0.05, 0.1) is 13.2 Å². The van der Waals surface area contributed by atoms with Crippen molar-refractivity contribution in [2.75, 3.05) is 51.3 Å². The first kappa shape index (κ1) is 12.6. The zero-order chi connectivity index (χ0) is 13.2. The van der Waals surface area contributed by atoms with Gasteiger partial charge in [-0.2, -0.15) is 4.98 Å². The van der Waals surface area contributed by atoms with E-state index in [1.54, 1.807) is 0 Å². The van der Waals surface area contributed by atoms with E-state index in [2.05, 4.69) is 27.0 Å². The first-order chi connectivity index (χ1) is 9.24.